The highest BCUT2D eigenvalue weighted by Gasteiger charge is 2.33. The van der Waals surface area contributed by atoms with E-state index in [9.17, 15) is 13.2 Å². The van der Waals surface area contributed by atoms with Gasteiger partial charge in [0.1, 0.15) is 12.3 Å². The predicted molar refractivity (Wildman–Crippen MR) is 103 cm³/mol. The first-order valence-electron chi connectivity index (χ1n) is 8.86. The summed E-state index contributed by atoms with van der Waals surface area (Å²) in [4.78, 5) is 7.15. The van der Waals surface area contributed by atoms with E-state index in [0.29, 0.717) is 49.4 Å². The van der Waals surface area contributed by atoms with Gasteiger partial charge in [-0.3, -0.25) is 4.57 Å². The number of halogens is 3. The first kappa shape index (κ1) is 20.2. The molecule has 1 aliphatic heterocycles. The van der Waals surface area contributed by atoms with E-state index in [1.54, 1.807) is 11.8 Å². The van der Waals surface area contributed by atoms with Gasteiger partial charge in [-0.1, -0.05) is 17.8 Å². The number of hydrogen-bond acceptors (Lipinski definition) is 8. The molecule has 7 nitrogen and oxygen atoms in total. The van der Waals surface area contributed by atoms with Crippen LogP contribution in [0.2, 0.25) is 0 Å². The molecule has 0 aliphatic carbocycles. The third-order valence-corrected chi connectivity index (χ3v) is 6.13. The second-order valence-corrected chi connectivity index (χ2v) is 8.26. The topological polar surface area (TPSA) is 69.2 Å². The van der Waals surface area contributed by atoms with E-state index in [-0.39, 0.29) is 11.1 Å². The number of oxazole rings is 1. The number of thioether (sulfide) groups is 1. The highest BCUT2D eigenvalue weighted by molar-refractivity contribution is 7.98. The average Bonchev–Trinajstić information content (AvgIpc) is 3.40. The van der Waals surface area contributed by atoms with Crippen molar-refractivity contribution < 1.29 is 22.3 Å². The summed E-state index contributed by atoms with van der Waals surface area (Å²) in [5.74, 6) is 1.69. The summed E-state index contributed by atoms with van der Waals surface area (Å²) in [6.07, 6.45) is -4.38. The number of thiophene rings is 1. The van der Waals surface area contributed by atoms with Gasteiger partial charge in [-0.25, -0.2) is 4.98 Å². The minimum Gasteiger partial charge on any atom is -0.440 e. The Morgan fingerprint density at radius 3 is 2.72 bits per heavy atom. The Morgan fingerprint density at radius 1 is 1.24 bits per heavy atom. The Kier molecular flexibility index (Phi) is 5.83. The van der Waals surface area contributed by atoms with Crippen LogP contribution in [0, 0.1) is 6.92 Å². The molecule has 12 heteroatoms. The van der Waals surface area contributed by atoms with Crippen LogP contribution in [-0.4, -0.2) is 52.2 Å². The normalized spacial score (nSPS) is 15.2. The Hall–Kier alpha value is -2.05. The monoisotopic (exact) mass is 445 g/mol. The number of nitrogens with zero attached hydrogens (tertiary/aromatic N) is 5. The van der Waals surface area contributed by atoms with Gasteiger partial charge in [0.05, 0.1) is 23.8 Å². The molecule has 3 aromatic rings. The van der Waals surface area contributed by atoms with Gasteiger partial charge in [0, 0.05) is 18.8 Å². The number of hydrogen-bond donors (Lipinski definition) is 0. The van der Waals surface area contributed by atoms with Crippen molar-refractivity contribution in [3.63, 3.8) is 0 Å². The zero-order valence-corrected chi connectivity index (χ0v) is 17.1. The van der Waals surface area contributed by atoms with Crippen molar-refractivity contribution in [1.82, 2.24) is 19.7 Å². The fraction of sp³-hybridized carbons (Fsp3) is 0.471. The fourth-order valence-electron chi connectivity index (χ4n) is 2.90. The number of rotatable bonds is 6. The van der Waals surface area contributed by atoms with Crippen LogP contribution in [-0.2, 0) is 17.0 Å². The van der Waals surface area contributed by atoms with Crippen LogP contribution in [0.25, 0.3) is 10.8 Å². The van der Waals surface area contributed by atoms with Gasteiger partial charge in [-0.2, -0.15) is 13.2 Å². The first-order chi connectivity index (χ1) is 13.9. The van der Waals surface area contributed by atoms with Crippen molar-refractivity contribution in [2.24, 2.45) is 0 Å². The summed E-state index contributed by atoms with van der Waals surface area (Å²) >= 11 is 2.67. The Morgan fingerprint density at radius 2 is 2.03 bits per heavy atom. The van der Waals surface area contributed by atoms with E-state index in [2.05, 4.69) is 15.2 Å². The molecule has 156 valence electrons. The maximum atomic E-state index is 13.2. The molecule has 1 aliphatic rings. The zero-order chi connectivity index (χ0) is 20.4. The molecule has 1 fully saturated rings. The molecule has 0 N–H and O–H groups in total. The lowest BCUT2D eigenvalue weighted by atomic mass is 10.4. The van der Waals surface area contributed by atoms with Gasteiger partial charge in [0.2, 0.25) is 11.8 Å². The third-order valence-electron chi connectivity index (χ3n) is 4.29. The molecule has 0 aromatic carbocycles. The molecule has 1 saturated heterocycles. The van der Waals surface area contributed by atoms with Crippen LogP contribution < -0.4 is 4.90 Å². The molecule has 0 radical (unpaired) electrons. The van der Waals surface area contributed by atoms with Crippen LogP contribution >= 0.6 is 23.1 Å². The molecule has 29 heavy (non-hydrogen) atoms. The van der Waals surface area contributed by atoms with Gasteiger partial charge >= 0.3 is 6.18 Å². The molecule has 0 unspecified atom stereocenters. The predicted octanol–water partition coefficient (Wildman–Crippen LogP) is 3.99. The van der Waals surface area contributed by atoms with Crippen molar-refractivity contribution in [2.75, 3.05) is 31.2 Å². The summed E-state index contributed by atoms with van der Waals surface area (Å²) < 4.78 is 51.6. The number of morpholine rings is 1. The van der Waals surface area contributed by atoms with Crippen LogP contribution in [0.15, 0.2) is 27.1 Å². The van der Waals surface area contributed by atoms with Crippen molar-refractivity contribution in [3.8, 4) is 10.8 Å². The Balaban J connectivity index is 1.54. The standard InChI is InChI=1S/C17H18F3N5O2S2/c1-11-12(21-14(27-11)13-3-2-8-28-13)9-29-16-23-22-15(24-4-6-26-7-5-24)25(16)10-17(18,19)20/h2-3,8H,4-7,9-10H2,1H3. The number of aromatic nitrogens is 4. The van der Waals surface area contributed by atoms with Gasteiger partial charge in [0.15, 0.2) is 5.16 Å². The van der Waals surface area contributed by atoms with Gasteiger partial charge in [0.25, 0.3) is 0 Å². The summed E-state index contributed by atoms with van der Waals surface area (Å²) in [5.41, 5.74) is 0.674. The lowest BCUT2D eigenvalue weighted by Crippen LogP contribution is -2.38. The number of anilines is 1. The van der Waals surface area contributed by atoms with Crippen LogP contribution in [0.1, 0.15) is 11.5 Å². The molecule has 0 spiro atoms. The van der Waals surface area contributed by atoms with Crippen LogP contribution in [0.5, 0.6) is 0 Å². The molecular formula is C17H18F3N5O2S2. The second kappa shape index (κ2) is 8.36. The average molecular weight is 445 g/mol. The highest BCUT2D eigenvalue weighted by atomic mass is 32.2. The fourth-order valence-corrected chi connectivity index (χ4v) is 4.49. The van der Waals surface area contributed by atoms with E-state index < -0.39 is 12.7 Å². The minimum absolute atomic E-state index is 0.198. The van der Waals surface area contributed by atoms with Crippen molar-refractivity contribution in [3.05, 3.63) is 29.0 Å². The summed E-state index contributed by atoms with van der Waals surface area (Å²) in [7, 11) is 0. The molecule has 0 saturated carbocycles. The van der Waals surface area contributed by atoms with E-state index in [1.807, 2.05) is 17.5 Å². The third kappa shape index (κ3) is 4.75. The summed E-state index contributed by atoms with van der Waals surface area (Å²) in [6.45, 7) is 2.50. The maximum Gasteiger partial charge on any atom is 0.406 e. The SMILES string of the molecule is Cc1oc(-c2cccs2)nc1CSc1nnc(N2CCOCC2)n1CC(F)(F)F. The zero-order valence-electron chi connectivity index (χ0n) is 15.5. The van der Waals surface area contributed by atoms with E-state index in [0.717, 1.165) is 21.2 Å². The largest absolute Gasteiger partial charge is 0.440 e. The van der Waals surface area contributed by atoms with Crippen molar-refractivity contribution in [2.45, 2.75) is 30.6 Å². The summed E-state index contributed by atoms with van der Waals surface area (Å²) in [6, 6.07) is 3.81. The molecule has 0 amide bonds. The molecular weight excluding hydrogens is 427 g/mol. The number of alkyl halides is 3. The van der Waals surface area contributed by atoms with E-state index >= 15 is 0 Å². The van der Waals surface area contributed by atoms with Crippen molar-refractivity contribution >= 4 is 29.0 Å². The number of aryl methyl sites for hydroxylation is 1. The van der Waals surface area contributed by atoms with Crippen LogP contribution in [0.4, 0.5) is 19.1 Å². The van der Waals surface area contributed by atoms with E-state index in [1.165, 1.54) is 11.3 Å². The first-order valence-corrected chi connectivity index (χ1v) is 10.7. The molecule has 4 heterocycles. The van der Waals surface area contributed by atoms with Gasteiger partial charge < -0.3 is 14.1 Å². The van der Waals surface area contributed by atoms with E-state index in [4.69, 9.17) is 9.15 Å². The molecule has 0 atom stereocenters. The lowest BCUT2D eigenvalue weighted by molar-refractivity contribution is -0.141. The highest BCUT2D eigenvalue weighted by Crippen LogP contribution is 2.32. The molecule has 3 aromatic heterocycles. The molecule has 0 bridgehead atoms. The lowest BCUT2D eigenvalue weighted by Gasteiger charge is -2.28. The van der Waals surface area contributed by atoms with Crippen molar-refractivity contribution in [1.29, 1.82) is 0 Å². The number of ether oxygens (including phenoxy) is 1. The Bertz CT molecular complexity index is 949. The van der Waals surface area contributed by atoms with Crippen LogP contribution in [0.3, 0.4) is 0 Å². The minimum atomic E-state index is -4.38. The summed E-state index contributed by atoms with van der Waals surface area (Å²) in [5, 5.41) is 10.2. The second-order valence-electron chi connectivity index (χ2n) is 6.37. The quantitative estimate of drug-likeness (QED) is 0.532. The smallest absolute Gasteiger partial charge is 0.406 e. The Labute approximate surface area is 172 Å². The maximum absolute atomic E-state index is 13.2. The molecule has 4 rings (SSSR count). The van der Waals surface area contributed by atoms with Gasteiger partial charge in [-0.05, 0) is 18.4 Å². The van der Waals surface area contributed by atoms with Gasteiger partial charge in [-0.15, -0.1) is 21.5 Å².